The molecule has 0 atom stereocenters. The van der Waals surface area contributed by atoms with Gasteiger partial charge in [0.2, 0.25) is 0 Å². The average Bonchev–Trinajstić information content (AvgIpc) is 2.28. The third-order valence-corrected chi connectivity index (χ3v) is 2.54. The van der Waals surface area contributed by atoms with Crippen molar-refractivity contribution in [2.75, 3.05) is 5.32 Å². The third-order valence-electron chi connectivity index (χ3n) is 2.54. The number of benzene rings is 1. The Labute approximate surface area is 105 Å². The second-order valence-corrected chi connectivity index (χ2v) is 4.02. The standard InChI is InChI=1S/C14H12FN3/c1-9-6-14(13(8-16)10(2)17-9)18-12-5-3-4-11(15)7-12/h3-7H,1-2H3,(H,17,18). The van der Waals surface area contributed by atoms with Gasteiger partial charge in [0, 0.05) is 11.4 Å². The van der Waals surface area contributed by atoms with Gasteiger partial charge >= 0.3 is 0 Å². The van der Waals surface area contributed by atoms with Crippen molar-refractivity contribution in [1.82, 2.24) is 4.98 Å². The van der Waals surface area contributed by atoms with Crippen molar-refractivity contribution in [3.8, 4) is 6.07 Å². The highest BCUT2D eigenvalue weighted by molar-refractivity contribution is 5.67. The van der Waals surface area contributed by atoms with Gasteiger partial charge in [0.05, 0.1) is 16.9 Å². The van der Waals surface area contributed by atoms with Crippen LogP contribution in [0.2, 0.25) is 0 Å². The monoisotopic (exact) mass is 241 g/mol. The fourth-order valence-electron chi connectivity index (χ4n) is 1.79. The van der Waals surface area contributed by atoms with Gasteiger partial charge in [0.15, 0.2) is 0 Å². The molecule has 90 valence electrons. The summed E-state index contributed by atoms with van der Waals surface area (Å²) in [6.07, 6.45) is 0. The molecule has 0 unspecified atom stereocenters. The van der Waals surface area contributed by atoms with Crippen molar-refractivity contribution in [2.45, 2.75) is 13.8 Å². The summed E-state index contributed by atoms with van der Waals surface area (Å²) in [4.78, 5) is 4.23. The van der Waals surface area contributed by atoms with Crippen molar-refractivity contribution in [1.29, 1.82) is 5.26 Å². The Kier molecular flexibility index (Phi) is 3.24. The summed E-state index contributed by atoms with van der Waals surface area (Å²) in [7, 11) is 0. The van der Waals surface area contributed by atoms with Crippen LogP contribution in [0, 0.1) is 31.0 Å². The third kappa shape index (κ3) is 2.46. The Morgan fingerprint density at radius 3 is 2.72 bits per heavy atom. The molecule has 0 fully saturated rings. The molecule has 1 aromatic carbocycles. The number of aryl methyl sites for hydroxylation is 2. The molecule has 1 heterocycles. The zero-order chi connectivity index (χ0) is 13.1. The predicted octanol–water partition coefficient (Wildman–Crippen LogP) is 3.45. The highest BCUT2D eigenvalue weighted by Gasteiger charge is 2.08. The van der Waals surface area contributed by atoms with Gasteiger partial charge in [-0.1, -0.05) is 6.07 Å². The summed E-state index contributed by atoms with van der Waals surface area (Å²) in [6.45, 7) is 3.63. The number of rotatable bonds is 2. The van der Waals surface area contributed by atoms with Crippen molar-refractivity contribution in [3.63, 3.8) is 0 Å². The maximum Gasteiger partial charge on any atom is 0.125 e. The van der Waals surface area contributed by atoms with Crippen LogP contribution in [0.25, 0.3) is 0 Å². The van der Waals surface area contributed by atoms with E-state index in [2.05, 4.69) is 16.4 Å². The minimum absolute atomic E-state index is 0.319. The molecule has 1 N–H and O–H groups in total. The minimum atomic E-state index is -0.319. The van der Waals surface area contributed by atoms with Gasteiger partial charge in [0.1, 0.15) is 11.9 Å². The molecule has 0 aliphatic rings. The molecule has 2 rings (SSSR count). The first-order valence-electron chi connectivity index (χ1n) is 5.51. The summed E-state index contributed by atoms with van der Waals surface area (Å²) in [6, 6.07) is 10.00. The largest absolute Gasteiger partial charge is 0.354 e. The quantitative estimate of drug-likeness (QED) is 0.876. The SMILES string of the molecule is Cc1cc(Nc2cccc(F)c2)c(C#N)c(C)n1. The number of nitrogens with zero attached hydrogens (tertiary/aromatic N) is 2. The molecule has 4 heteroatoms. The molecule has 2 aromatic rings. The number of pyridine rings is 1. The van der Waals surface area contributed by atoms with Gasteiger partial charge < -0.3 is 5.32 Å². The first-order valence-corrected chi connectivity index (χ1v) is 5.51. The Balaban J connectivity index is 2.43. The molecule has 0 spiro atoms. The summed E-state index contributed by atoms with van der Waals surface area (Å²) >= 11 is 0. The maximum absolute atomic E-state index is 13.1. The lowest BCUT2D eigenvalue weighted by Gasteiger charge is -2.10. The number of aromatic nitrogens is 1. The van der Waals surface area contributed by atoms with Crippen LogP contribution in [0.5, 0.6) is 0 Å². The van der Waals surface area contributed by atoms with Crippen LogP contribution >= 0.6 is 0 Å². The molecule has 0 bridgehead atoms. The van der Waals surface area contributed by atoms with Gasteiger partial charge in [-0.15, -0.1) is 0 Å². The molecule has 1 aromatic heterocycles. The number of anilines is 2. The minimum Gasteiger partial charge on any atom is -0.354 e. The van der Waals surface area contributed by atoms with E-state index >= 15 is 0 Å². The van der Waals surface area contributed by atoms with Crippen molar-refractivity contribution >= 4 is 11.4 Å². The van der Waals surface area contributed by atoms with Crippen LogP contribution in [0.4, 0.5) is 15.8 Å². The second kappa shape index (κ2) is 4.84. The number of halogens is 1. The van der Waals surface area contributed by atoms with Crippen LogP contribution in [0.15, 0.2) is 30.3 Å². The zero-order valence-electron chi connectivity index (χ0n) is 10.2. The van der Waals surface area contributed by atoms with E-state index in [1.165, 1.54) is 12.1 Å². The number of nitrogens with one attached hydrogen (secondary N) is 1. The lowest BCUT2D eigenvalue weighted by Crippen LogP contribution is -1.99. The van der Waals surface area contributed by atoms with Crippen LogP contribution < -0.4 is 5.32 Å². The van der Waals surface area contributed by atoms with Crippen molar-refractivity contribution in [2.24, 2.45) is 0 Å². The lowest BCUT2D eigenvalue weighted by atomic mass is 10.1. The first-order chi connectivity index (χ1) is 8.60. The fraction of sp³-hybridized carbons (Fsp3) is 0.143. The predicted molar refractivity (Wildman–Crippen MR) is 68.1 cm³/mol. The van der Waals surface area contributed by atoms with Gasteiger partial charge in [0.25, 0.3) is 0 Å². The normalized spacial score (nSPS) is 9.89. The Bertz CT molecular complexity index is 629. The van der Waals surface area contributed by atoms with Gasteiger partial charge in [-0.2, -0.15) is 5.26 Å². The van der Waals surface area contributed by atoms with Gasteiger partial charge in [-0.25, -0.2) is 4.39 Å². The second-order valence-electron chi connectivity index (χ2n) is 4.02. The van der Waals surface area contributed by atoms with Crippen LogP contribution in [0.1, 0.15) is 17.0 Å². The van der Waals surface area contributed by atoms with Crippen LogP contribution in [-0.2, 0) is 0 Å². The van der Waals surface area contributed by atoms with E-state index in [1.54, 1.807) is 25.1 Å². The maximum atomic E-state index is 13.1. The van der Waals surface area contributed by atoms with E-state index < -0.39 is 0 Å². The van der Waals surface area contributed by atoms with E-state index in [9.17, 15) is 4.39 Å². The van der Waals surface area contributed by atoms with E-state index in [0.717, 1.165) is 5.69 Å². The van der Waals surface area contributed by atoms with Gasteiger partial charge in [-0.05, 0) is 38.1 Å². The van der Waals surface area contributed by atoms with Crippen molar-refractivity contribution in [3.05, 3.63) is 53.1 Å². The summed E-state index contributed by atoms with van der Waals surface area (Å²) in [5, 5.41) is 12.2. The van der Waals surface area contributed by atoms with E-state index in [0.29, 0.717) is 22.6 Å². The fourth-order valence-corrected chi connectivity index (χ4v) is 1.79. The average molecular weight is 241 g/mol. The number of hydrogen-bond acceptors (Lipinski definition) is 3. The first kappa shape index (κ1) is 12.1. The molecule has 0 aliphatic carbocycles. The Hall–Kier alpha value is -2.41. The molecule has 0 radical (unpaired) electrons. The Morgan fingerprint density at radius 2 is 2.06 bits per heavy atom. The highest BCUT2D eigenvalue weighted by atomic mass is 19.1. The Morgan fingerprint density at radius 1 is 1.28 bits per heavy atom. The molecule has 3 nitrogen and oxygen atoms in total. The van der Waals surface area contributed by atoms with Gasteiger partial charge in [-0.3, -0.25) is 4.98 Å². The molecule has 0 aliphatic heterocycles. The topological polar surface area (TPSA) is 48.7 Å². The van der Waals surface area contributed by atoms with E-state index in [-0.39, 0.29) is 5.82 Å². The number of nitriles is 1. The molecular weight excluding hydrogens is 229 g/mol. The molecule has 0 saturated carbocycles. The van der Waals surface area contributed by atoms with Crippen molar-refractivity contribution < 1.29 is 4.39 Å². The smallest absolute Gasteiger partial charge is 0.125 e. The summed E-state index contributed by atoms with van der Waals surface area (Å²) < 4.78 is 13.1. The number of hydrogen-bond donors (Lipinski definition) is 1. The molecular formula is C14H12FN3. The molecule has 0 saturated heterocycles. The lowest BCUT2D eigenvalue weighted by molar-refractivity contribution is 0.628. The van der Waals surface area contributed by atoms with E-state index in [1.807, 2.05) is 6.92 Å². The molecule has 18 heavy (non-hydrogen) atoms. The highest BCUT2D eigenvalue weighted by Crippen LogP contribution is 2.23. The van der Waals surface area contributed by atoms with Crippen LogP contribution in [-0.4, -0.2) is 4.98 Å². The zero-order valence-corrected chi connectivity index (χ0v) is 10.2. The summed E-state index contributed by atoms with van der Waals surface area (Å²) in [5.41, 5.74) is 3.20. The van der Waals surface area contributed by atoms with Crippen LogP contribution in [0.3, 0.4) is 0 Å². The summed E-state index contributed by atoms with van der Waals surface area (Å²) in [5.74, 6) is -0.319. The molecule has 0 amide bonds. The van der Waals surface area contributed by atoms with E-state index in [4.69, 9.17) is 5.26 Å².